The van der Waals surface area contributed by atoms with Crippen LogP contribution in [0, 0.1) is 17.5 Å². The molecule has 0 spiro atoms. The van der Waals surface area contributed by atoms with E-state index in [4.69, 9.17) is 0 Å². The zero-order valence-electron chi connectivity index (χ0n) is 14.7. The van der Waals surface area contributed by atoms with Gasteiger partial charge in [0.25, 0.3) is 5.91 Å². The van der Waals surface area contributed by atoms with Crippen LogP contribution in [0.3, 0.4) is 0 Å². The molecule has 1 atom stereocenters. The predicted octanol–water partition coefficient (Wildman–Crippen LogP) is 4.64. The van der Waals surface area contributed by atoms with Crippen LogP contribution in [0.5, 0.6) is 0 Å². The molecule has 1 aliphatic rings. The fraction of sp³-hybridized carbons (Fsp3) is 0.250. The quantitative estimate of drug-likeness (QED) is 0.640. The van der Waals surface area contributed by atoms with Crippen molar-refractivity contribution >= 4 is 17.2 Å². The minimum absolute atomic E-state index is 0.106. The van der Waals surface area contributed by atoms with Gasteiger partial charge in [0.05, 0.1) is 0 Å². The molecule has 1 fully saturated rings. The molecule has 0 bridgehead atoms. The minimum Gasteiger partial charge on any atom is -0.338 e. The van der Waals surface area contributed by atoms with E-state index in [9.17, 15) is 18.0 Å². The molecule has 0 saturated carbocycles. The number of hydrogen-bond donors (Lipinski definition) is 0. The molecule has 4 rings (SSSR count). The van der Waals surface area contributed by atoms with Crippen LogP contribution in [0.2, 0.25) is 0 Å². The molecule has 0 radical (unpaired) electrons. The number of aromatic nitrogens is 2. The van der Waals surface area contributed by atoms with Crippen molar-refractivity contribution in [2.24, 2.45) is 0 Å². The number of piperidine rings is 1. The largest absolute Gasteiger partial charge is 0.338 e. The van der Waals surface area contributed by atoms with E-state index in [-0.39, 0.29) is 11.7 Å². The lowest BCUT2D eigenvalue weighted by atomic mass is 9.98. The third-order valence-corrected chi connectivity index (χ3v) is 5.90. The Labute approximate surface area is 163 Å². The lowest BCUT2D eigenvalue weighted by molar-refractivity contribution is 0.0697. The van der Waals surface area contributed by atoms with Gasteiger partial charge in [-0.3, -0.25) is 4.79 Å². The van der Waals surface area contributed by atoms with E-state index in [0.717, 1.165) is 18.6 Å². The second-order valence-corrected chi connectivity index (χ2v) is 7.62. The first kappa shape index (κ1) is 18.6. The van der Waals surface area contributed by atoms with Crippen molar-refractivity contribution in [2.45, 2.75) is 18.8 Å². The summed E-state index contributed by atoms with van der Waals surface area (Å²) in [6, 6.07) is 9.70. The number of likely N-dealkylation sites (tertiary alicyclic amines) is 1. The van der Waals surface area contributed by atoms with Gasteiger partial charge in [0, 0.05) is 24.6 Å². The van der Waals surface area contributed by atoms with Gasteiger partial charge >= 0.3 is 0 Å². The summed E-state index contributed by atoms with van der Waals surface area (Å²) in [6.07, 6.45) is 1.45. The predicted molar refractivity (Wildman–Crippen MR) is 99.5 cm³/mol. The van der Waals surface area contributed by atoms with E-state index in [0.29, 0.717) is 35.1 Å². The van der Waals surface area contributed by atoms with Crippen LogP contribution in [-0.4, -0.2) is 34.1 Å². The average Bonchev–Trinajstić information content (AvgIpc) is 3.18. The number of amides is 1. The average molecular weight is 403 g/mol. The molecule has 2 aromatic carbocycles. The topological polar surface area (TPSA) is 46.1 Å². The zero-order chi connectivity index (χ0) is 19.7. The fourth-order valence-electron chi connectivity index (χ4n) is 3.37. The molecule has 144 valence electrons. The lowest BCUT2D eigenvalue weighted by Gasteiger charge is -2.31. The second kappa shape index (κ2) is 7.71. The molecule has 28 heavy (non-hydrogen) atoms. The van der Waals surface area contributed by atoms with Gasteiger partial charge in [0.2, 0.25) is 0 Å². The van der Waals surface area contributed by atoms with Crippen molar-refractivity contribution in [3.63, 3.8) is 0 Å². The Morgan fingerprint density at radius 1 is 1.00 bits per heavy atom. The molecule has 0 aliphatic carbocycles. The third kappa shape index (κ3) is 3.52. The Bertz CT molecular complexity index is 1000. The number of rotatable bonds is 3. The normalized spacial score (nSPS) is 17.0. The number of halogens is 3. The van der Waals surface area contributed by atoms with Gasteiger partial charge in [-0.1, -0.05) is 29.5 Å². The second-order valence-electron chi connectivity index (χ2n) is 6.61. The maximum atomic E-state index is 14.0. The first-order valence-electron chi connectivity index (χ1n) is 8.86. The van der Waals surface area contributed by atoms with E-state index in [1.54, 1.807) is 18.2 Å². The highest BCUT2D eigenvalue weighted by molar-refractivity contribution is 7.14. The van der Waals surface area contributed by atoms with Crippen molar-refractivity contribution < 1.29 is 18.0 Å². The van der Waals surface area contributed by atoms with Crippen LogP contribution in [-0.2, 0) is 0 Å². The van der Waals surface area contributed by atoms with Crippen molar-refractivity contribution in [1.82, 2.24) is 15.1 Å². The molecular formula is C20H16F3N3OS. The van der Waals surface area contributed by atoms with Crippen LogP contribution < -0.4 is 0 Å². The van der Waals surface area contributed by atoms with Crippen LogP contribution in [0.4, 0.5) is 13.2 Å². The summed E-state index contributed by atoms with van der Waals surface area (Å²) in [7, 11) is 0. The molecule has 4 nitrogen and oxygen atoms in total. The molecule has 1 saturated heterocycles. The Morgan fingerprint density at radius 2 is 1.71 bits per heavy atom. The fourth-order valence-corrected chi connectivity index (χ4v) is 4.36. The van der Waals surface area contributed by atoms with Gasteiger partial charge in [-0.15, -0.1) is 10.2 Å². The van der Waals surface area contributed by atoms with Crippen LogP contribution in [0.15, 0.2) is 42.5 Å². The van der Waals surface area contributed by atoms with Gasteiger partial charge in [-0.25, -0.2) is 13.2 Å². The smallest absolute Gasteiger partial charge is 0.259 e. The SMILES string of the molecule is O=C(c1c(F)cccc1F)N1CCCC(c2nnc(-c3ccccc3F)s2)C1. The first-order chi connectivity index (χ1) is 13.5. The van der Waals surface area contributed by atoms with E-state index in [1.807, 2.05) is 0 Å². The summed E-state index contributed by atoms with van der Waals surface area (Å²) >= 11 is 1.27. The first-order valence-corrected chi connectivity index (χ1v) is 9.68. The highest BCUT2D eigenvalue weighted by Crippen LogP contribution is 2.34. The van der Waals surface area contributed by atoms with Gasteiger partial charge in [0.1, 0.15) is 28.0 Å². The Balaban J connectivity index is 1.55. The molecule has 3 aromatic rings. The van der Waals surface area contributed by atoms with Gasteiger partial charge < -0.3 is 4.90 Å². The van der Waals surface area contributed by atoms with Gasteiger partial charge in [-0.05, 0) is 37.1 Å². The molecule has 1 aliphatic heterocycles. The molecule has 8 heteroatoms. The molecule has 1 aromatic heterocycles. The summed E-state index contributed by atoms with van der Waals surface area (Å²) in [5.74, 6) is -2.89. The highest BCUT2D eigenvalue weighted by atomic mass is 32.1. The number of benzene rings is 2. The number of carbonyl (C=O) groups is 1. The van der Waals surface area contributed by atoms with E-state index >= 15 is 0 Å². The molecule has 1 unspecified atom stereocenters. The van der Waals surface area contributed by atoms with E-state index < -0.39 is 23.1 Å². The van der Waals surface area contributed by atoms with Crippen molar-refractivity contribution in [1.29, 1.82) is 0 Å². The maximum absolute atomic E-state index is 14.0. The van der Waals surface area contributed by atoms with Crippen LogP contribution in [0.1, 0.15) is 34.1 Å². The molecular weight excluding hydrogens is 387 g/mol. The molecule has 0 N–H and O–H groups in total. The summed E-state index contributed by atoms with van der Waals surface area (Å²) in [6.45, 7) is 0.709. The minimum atomic E-state index is -0.870. The lowest BCUT2D eigenvalue weighted by Crippen LogP contribution is -2.39. The van der Waals surface area contributed by atoms with Crippen molar-refractivity contribution in [2.75, 3.05) is 13.1 Å². The third-order valence-electron chi connectivity index (χ3n) is 4.78. The summed E-state index contributed by atoms with van der Waals surface area (Å²) < 4.78 is 41.9. The number of nitrogens with zero attached hydrogens (tertiary/aromatic N) is 3. The van der Waals surface area contributed by atoms with Crippen LogP contribution >= 0.6 is 11.3 Å². The zero-order valence-corrected chi connectivity index (χ0v) is 15.6. The maximum Gasteiger partial charge on any atom is 0.259 e. The highest BCUT2D eigenvalue weighted by Gasteiger charge is 2.30. The Morgan fingerprint density at radius 3 is 2.46 bits per heavy atom. The monoisotopic (exact) mass is 403 g/mol. The number of carbonyl (C=O) groups excluding carboxylic acids is 1. The summed E-state index contributed by atoms with van der Waals surface area (Å²) in [4.78, 5) is 14.1. The van der Waals surface area contributed by atoms with Gasteiger partial charge in [0.15, 0.2) is 5.01 Å². The van der Waals surface area contributed by atoms with Crippen molar-refractivity contribution in [3.8, 4) is 10.6 Å². The summed E-state index contributed by atoms with van der Waals surface area (Å²) in [5.41, 5.74) is -0.157. The number of hydrogen-bond acceptors (Lipinski definition) is 4. The Kier molecular flexibility index (Phi) is 5.13. The van der Waals surface area contributed by atoms with E-state index in [1.165, 1.54) is 28.4 Å². The standard InChI is InChI=1S/C20H16F3N3OS/c21-14-7-2-1-6-13(14)19-25-24-18(28-19)12-5-4-10-26(11-12)20(27)17-15(22)8-3-9-16(17)23/h1-3,6-9,12H,4-5,10-11H2. The summed E-state index contributed by atoms with van der Waals surface area (Å²) in [5, 5.41) is 9.41. The van der Waals surface area contributed by atoms with Gasteiger partial charge in [-0.2, -0.15) is 0 Å². The van der Waals surface area contributed by atoms with Crippen molar-refractivity contribution in [3.05, 3.63) is 70.5 Å². The van der Waals surface area contributed by atoms with E-state index in [2.05, 4.69) is 10.2 Å². The molecule has 2 heterocycles. The molecule has 1 amide bonds. The van der Waals surface area contributed by atoms with Crippen LogP contribution in [0.25, 0.3) is 10.6 Å². The Hall–Kier alpha value is -2.74.